The Balaban J connectivity index is 0.00000900. The molecular formula is C23H43IN2O4S. The maximum Gasteiger partial charge on any atom is 0.263 e. The van der Waals surface area contributed by atoms with E-state index >= 15 is 0 Å². The van der Waals surface area contributed by atoms with E-state index < -0.39 is 9.84 Å². The zero-order valence-corrected chi connectivity index (χ0v) is 23.0. The monoisotopic (exact) mass is 570 g/mol. The van der Waals surface area contributed by atoms with Crippen LogP contribution in [0.4, 0.5) is 0 Å². The lowest BCUT2D eigenvalue weighted by Crippen LogP contribution is -3.00. The van der Waals surface area contributed by atoms with E-state index in [1.807, 2.05) is 21.1 Å². The molecule has 182 valence electrons. The van der Waals surface area contributed by atoms with Crippen LogP contribution < -0.4 is 24.0 Å². The van der Waals surface area contributed by atoms with Crippen LogP contribution in [0.5, 0.6) is 0 Å². The molecule has 0 atom stereocenters. The maximum atomic E-state index is 12.2. The van der Waals surface area contributed by atoms with Gasteiger partial charge in [-0.15, -0.1) is 0 Å². The average molecular weight is 571 g/mol. The molecule has 0 fully saturated rings. The Morgan fingerprint density at radius 2 is 1.52 bits per heavy atom. The topological polar surface area (TPSA) is 77.2 Å². The number of rotatable bonds is 18. The number of nitrogens with zero attached hydrogens (tertiary/aromatic N) is 2. The average Bonchev–Trinajstić information content (AvgIpc) is 3.13. The number of quaternary nitrogens is 1. The number of unbranched alkanes of at least 4 members (excludes halogenated alkanes) is 8. The predicted molar refractivity (Wildman–Crippen MR) is 123 cm³/mol. The number of aryl methyl sites for hydroxylation is 1. The third kappa shape index (κ3) is 15.9. The summed E-state index contributed by atoms with van der Waals surface area (Å²) in [4.78, 5) is 16.3. The second-order valence-corrected chi connectivity index (χ2v) is 11.7. The van der Waals surface area contributed by atoms with Crippen molar-refractivity contribution >= 4 is 15.6 Å². The molecule has 0 spiro atoms. The molecule has 0 aliphatic heterocycles. The van der Waals surface area contributed by atoms with Gasteiger partial charge in [0.25, 0.3) is 5.89 Å². The normalized spacial score (nSPS) is 12.0. The van der Waals surface area contributed by atoms with Crippen LogP contribution in [0.15, 0.2) is 10.6 Å². The lowest BCUT2D eigenvalue weighted by molar-refractivity contribution is -0.870. The standard InChI is InChI=1S/C23H43N2O4S.HI/c1-5-6-7-8-9-10-11-12-13-15-22(26)23-24-20-21(29-23)16-19-30(27,28)18-14-17-25(2,3)4;/h20H,5-19H2,1-4H3;1H/q+1;/p-1. The summed E-state index contributed by atoms with van der Waals surface area (Å²) in [5.41, 5.74) is 0. The summed E-state index contributed by atoms with van der Waals surface area (Å²) in [5.74, 6) is 0.717. The van der Waals surface area contributed by atoms with Crippen LogP contribution in [0.3, 0.4) is 0 Å². The van der Waals surface area contributed by atoms with Gasteiger partial charge in [-0.05, 0) is 6.42 Å². The highest BCUT2D eigenvalue weighted by Crippen LogP contribution is 2.14. The summed E-state index contributed by atoms with van der Waals surface area (Å²) in [6.07, 6.45) is 13.7. The molecule has 0 aliphatic rings. The van der Waals surface area contributed by atoms with Gasteiger partial charge in [0.05, 0.1) is 45.4 Å². The number of carbonyl (C=O) groups excluding carboxylic acids is 1. The minimum absolute atomic E-state index is 0. The Labute approximate surface area is 207 Å². The highest BCUT2D eigenvalue weighted by molar-refractivity contribution is 7.91. The molecule has 1 aromatic rings. The molecule has 0 bridgehead atoms. The summed E-state index contributed by atoms with van der Waals surface area (Å²) in [5, 5.41) is 0. The Kier molecular flexibility index (Phi) is 15.9. The zero-order chi connectivity index (χ0) is 22.5. The largest absolute Gasteiger partial charge is 1.00 e. The Morgan fingerprint density at radius 3 is 2.10 bits per heavy atom. The molecule has 8 heteroatoms. The molecule has 0 amide bonds. The number of halogens is 1. The molecule has 1 heterocycles. The lowest BCUT2D eigenvalue weighted by Gasteiger charge is -2.23. The Bertz CT molecular complexity index is 711. The van der Waals surface area contributed by atoms with Gasteiger partial charge < -0.3 is 32.9 Å². The quantitative estimate of drug-likeness (QED) is 0.117. The van der Waals surface area contributed by atoms with Crippen molar-refractivity contribution < 1.29 is 46.1 Å². The summed E-state index contributed by atoms with van der Waals surface area (Å²) in [7, 11) is 3.02. The third-order valence-corrected chi connectivity index (χ3v) is 6.98. The second-order valence-electron chi connectivity index (χ2n) is 9.40. The molecule has 0 saturated carbocycles. The summed E-state index contributed by atoms with van der Waals surface area (Å²) < 4.78 is 30.6. The molecule has 0 unspecified atom stereocenters. The van der Waals surface area contributed by atoms with Gasteiger partial charge in [-0.2, -0.15) is 0 Å². The van der Waals surface area contributed by atoms with Crippen LogP contribution in [-0.4, -0.2) is 62.9 Å². The fourth-order valence-corrected chi connectivity index (χ4v) is 4.66. The molecule has 0 saturated heterocycles. The van der Waals surface area contributed by atoms with E-state index in [1.54, 1.807) is 0 Å². The first-order valence-corrected chi connectivity index (χ1v) is 13.4. The molecule has 0 aliphatic carbocycles. The summed E-state index contributed by atoms with van der Waals surface area (Å²) >= 11 is 0. The van der Waals surface area contributed by atoms with Gasteiger partial charge >= 0.3 is 0 Å². The number of hydrogen-bond donors (Lipinski definition) is 0. The van der Waals surface area contributed by atoms with E-state index in [2.05, 4.69) is 11.9 Å². The van der Waals surface area contributed by atoms with E-state index in [0.29, 0.717) is 18.6 Å². The molecule has 6 nitrogen and oxygen atoms in total. The van der Waals surface area contributed by atoms with Crippen LogP contribution in [0.2, 0.25) is 0 Å². The van der Waals surface area contributed by atoms with Gasteiger partial charge in [0.2, 0.25) is 5.78 Å². The number of sulfone groups is 1. The number of aromatic nitrogens is 1. The second kappa shape index (κ2) is 16.2. The van der Waals surface area contributed by atoms with E-state index in [9.17, 15) is 13.2 Å². The van der Waals surface area contributed by atoms with Crippen LogP contribution >= 0.6 is 0 Å². The van der Waals surface area contributed by atoms with Crippen molar-refractivity contribution in [3.8, 4) is 0 Å². The Hall–Kier alpha value is -0.480. The molecule has 0 radical (unpaired) electrons. The van der Waals surface area contributed by atoms with Crippen LogP contribution in [0, 0.1) is 0 Å². The van der Waals surface area contributed by atoms with Crippen molar-refractivity contribution in [2.45, 2.75) is 84.0 Å². The van der Waals surface area contributed by atoms with Crippen molar-refractivity contribution in [2.24, 2.45) is 0 Å². The first kappa shape index (κ1) is 30.5. The van der Waals surface area contributed by atoms with Gasteiger partial charge in [0.15, 0.2) is 9.84 Å². The number of hydrogen-bond acceptors (Lipinski definition) is 5. The molecule has 0 aromatic carbocycles. The first-order chi connectivity index (χ1) is 14.1. The predicted octanol–water partition coefficient (Wildman–Crippen LogP) is 1.84. The SMILES string of the molecule is CCCCCCCCCCCC(=O)c1ncc(CCS(=O)(=O)CCC[N+](C)(C)C)o1.[I-]. The third-order valence-electron chi connectivity index (χ3n) is 5.24. The van der Waals surface area contributed by atoms with E-state index in [1.165, 1.54) is 51.1 Å². The minimum Gasteiger partial charge on any atom is -1.00 e. The van der Waals surface area contributed by atoms with Crippen molar-refractivity contribution in [2.75, 3.05) is 39.2 Å². The molecule has 1 rings (SSSR count). The van der Waals surface area contributed by atoms with Gasteiger partial charge in [0, 0.05) is 19.3 Å². The smallest absolute Gasteiger partial charge is 0.263 e. The fraction of sp³-hybridized carbons (Fsp3) is 0.826. The zero-order valence-electron chi connectivity index (χ0n) is 20.0. The van der Waals surface area contributed by atoms with Gasteiger partial charge in [-0.25, -0.2) is 13.4 Å². The number of ketones is 1. The maximum absolute atomic E-state index is 12.2. The lowest BCUT2D eigenvalue weighted by atomic mass is 10.1. The van der Waals surface area contributed by atoms with Crippen LogP contribution in [0.1, 0.15) is 94.0 Å². The molecular weight excluding hydrogens is 527 g/mol. The van der Waals surface area contributed by atoms with Crippen molar-refractivity contribution in [1.29, 1.82) is 0 Å². The van der Waals surface area contributed by atoms with Gasteiger partial charge in [0.1, 0.15) is 5.76 Å². The summed E-state index contributed by atoms with van der Waals surface area (Å²) in [6.45, 7) is 3.05. The van der Waals surface area contributed by atoms with Crippen molar-refractivity contribution in [3.63, 3.8) is 0 Å². The highest BCUT2D eigenvalue weighted by atomic mass is 127. The number of Topliss-reactive ketones (excluding diaryl/α,β-unsaturated/α-hetero) is 1. The van der Waals surface area contributed by atoms with Crippen molar-refractivity contribution in [1.82, 2.24) is 4.98 Å². The van der Waals surface area contributed by atoms with Crippen LogP contribution in [-0.2, 0) is 16.3 Å². The van der Waals surface area contributed by atoms with Crippen molar-refractivity contribution in [3.05, 3.63) is 17.8 Å². The van der Waals surface area contributed by atoms with Gasteiger partial charge in [-0.3, -0.25) is 4.79 Å². The van der Waals surface area contributed by atoms with E-state index in [4.69, 9.17) is 4.42 Å². The first-order valence-electron chi connectivity index (χ1n) is 11.6. The minimum atomic E-state index is -3.13. The van der Waals surface area contributed by atoms with Crippen LogP contribution in [0.25, 0.3) is 0 Å². The molecule has 1 aromatic heterocycles. The fourth-order valence-electron chi connectivity index (χ4n) is 3.37. The summed E-state index contributed by atoms with van der Waals surface area (Å²) in [6, 6.07) is 0. The Morgan fingerprint density at radius 1 is 0.935 bits per heavy atom. The molecule has 31 heavy (non-hydrogen) atoms. The number of oxazole rings is 1. The van der Waals surface area contributed by atoms with E-state index in [-0.39, 0.29) is 53.6 Å². The highest BCUT2D eigenvalue weighted by Gasteiger charge is 2.17. The van der Waals surface area contributed by atoms with Gasteiger partial charge in [-0.1, -0.05) is 58.3 Å². The number of carbonyl (C=O) groups is 1. The van der Waals surface area contributed by atoms with E-state index in [0.717, 1.165) is 23.9 Å². The molecule has 0 N–H and O–H groups in total.